The Kier molecular flexibility index (Phi) is 4.76. The number of sulfone groups is 1. The molecule has 2 aliphatic rings. The van der Waals surface area contributed by atoms with E-state index in [9.17, 15) is 13.2 Å². The van der Waals surface area contributed by atoms with E-state index in [1.165, 1.54) is 0 Å². The molecule has 2 aliphatic heterocycles. The zero-order valence-corrected chi connectivity index (χ0v) is 15.0. The lowest BCUT2D eigenvalue weighted by molar-refractivity contribution is 0.0676. The summed E-state index contributed by atoms with van der Waals surface area (Å²) < 4.78 is 23.2. The second-order valence-electron chi connectivity index (χ2n) is 6.94. The first-order valence-corrected chi connectivity index (χ1v) is 10.2. The number of piperidine rings is 1. The molecular formula is C16H24N4O3S. The minimum atomic E-state index is -2.94. The van der Waals surface area contributed by atoms with Crippen molar-refractivity contribution in [3.8, 4) is 0 Å². The van der Waals surface area contributed by atoms with Crippen LogP contribution in [-0.4, -0.2) is 67.1 Å². The average Bonchev–Trinajstić information content (AvgIpc) is 2.93. The molecule has 0 aliphatic carbocycles. The second-order valence-corrected chi connectivity index (χ2v) is 9.17. The highest BCUT2D eigenvalue weighted by Crippen LogP contribution is 2.22. The number of anilines is 1. The third-order valence-corrected chi connectivity index (χ3v) is 6.68. The molecule has 1 aromatic rings. The summed E-state index contributed by atoms with van der Waals surface area (Å²) in [6, 6.07) is 3.36. The van der Waals surface area contributed by atoms with E-state index in [2.05, 4.69) is 17.1 Å². The number of hydrogen-bond acceptors (Lipinski definition) is 6. The van der Waals surface area contributed by atoms with Crippen LogP contribution in [0.2, 0.25) is 0 Å². The van der Waals surface area contributed by atoms with Gasteiger partial charge in [-0.05, 0) is 37.3 Å². The van der Waals surface area contributed by atoms with E-state index in [1.54, 1.807) is 12.1 Å². The molecule has 24 heavy (non-hydrogen) atoms. The van der Waals surface area contributed by atoms with E-state index in [4.69, 9.17) is 0 Å². The van der Waals surface area contributed by atoms with Crippen molar-refractivity contribution in [3.63, 3.8) is 0 Å². The molecule has 8 heteroatoms. The van der Waals surface area contributed by atoms with E-state index in [1.807, 2.05) is 16.8 Å². The Labute approximate surface area is 143 Å². The molecule has 2 fully saturated rings. The first-order valence-electron chi connectivity index (χ1n) is 8.42. The fraction of sp³-hybridized carbons (Fsp3) is 0.688. The third kappa shape index (κ3) is 3.68. The molecule has 0 saturated carbocycles. The molecule has 2 saturated heterocycles. The maximum atomic E-state index is 12.5. The van der Waals surface area contributed by atoms with Crippen molar-refractivity contribution in [2.75, 3.05) is 36.5 Å². The minimum absolute atomic E-state index is 0.0752. The number of carbonyl (C=O) groups excluding carboxylic acids is 1. The average molecular weight is 352 g/mol. The highest BCUT2D eigenvalue weighted by molar-refractivity contribution is 7.91. The Morgan fingerprint density at radius 1 is 1.29 bits per heavy atom. The van der Waals surface area contributed by atoms with Crippen LogP contribution in [0.5, 0.6) is 0 Å². The van der Waals surface area contributed by atoms with E-state index in [0.717, 1.165) is 25.9 Å². The molecule has 1 amide bonds. The van der Waals surface area contributed by atoms with Gasteiger partial charge in [0.2, 0.25) is 0 Å². The lowest BCUT2D eigenvalue weighted by atomic mass is 10.00. The Hall–Kier alpha value is -1.70. The van der Waals surface area contributed by atoms with Crippen LogP contribution in [0, 0.1) is 5.92 Å². The van der Waals surface area contributed by atoms with Gasteiger partial charge in [0.05, 0.1) is 11.5 Å². The molecule has 2 unspecified atom stereocenters. The highest BCUT2D eigenvalue weighted by atomic mass is 32.2. The van der Waals surface area contributed by atoms with Gasteiger partial charge in [-0.25, -0.2) is 8.42 Å². The molecule has 132 valence electrons. The predicted octanol–water partition coefficient (Wildman–Crippen LogP) is 0.972. The number of nitrogens with zero attached hydrogens (tertiary/aromatic N) is 4. The van der Waals surface area contributed by atoms with Crippen molar-refractivity contribution in [1.82, 2.24) is 15.1 Å². The lowest BCUT2D eigenvalue weighted by Crippen LogP contribution is -2.39. The summed E-state index contributed by atoms with van der Waals surface area (Å²) >= 11 is 0. The van der Waals surface area contributed by atoms with Gasteiger partial charge in [-0.1, -0.05) is 6.92 Å². The van der Waals surface area contributed by atoms with Crippen LogP contribution in [0.1, 0.15) is 36.7 Å². The summed E-state index contributed by atoms with van der Waals surface area (Å²) in [6.07, 6.45) is 2.79. The summed E-state index contributed by atoms with van der Waals surface area (Å²) in [5.41, 5.74) is 0.347. The summed E-state index contributed by atoms with van der Waals surface area (Å²) in [5, 5.41) is 8.21. The summed E-state index contributed by atoms with van der Waals surface area (Å²) in [4.78, 5) is 16.2. The fourth-order valence-electron chi connectivity index (χ4n) is 3.43. The Balaban J connectivity index is 1.68. The smallest absolute Gasteiger partial charge is 0.274 e. The molecule has 0 N–H and O–H groups in total. The van der Waals surface area contributed by atoms with Gasteiger partial charge >= 0.3 is 0 Å². The minimum Gasteiger partial charge on any atom is -0.354 e. The van der Waals surface area contributed by atoms with Crippen LogP contribution >= 0.6 is 0 Å². The number of hydrogen-bond donors (Lipinski definition) is 0. The number of rotatable bonds is 3. The van der Waals surface area contributed by atoms with Crippen LogP contribution < -0.4 is 4.90 Å². The standard InChI is InChI=1S/C16H24N4O3S/c1-12-4-3-8-20(10-12)16(21)14-5-6-15(18-17-14)19(2)13-7-9-24(22,23)11-13/h5-6,12-13H,3-4,7-11H2,1-2H3. The van der Waals surface area contributed by atoms with Gasteiger partial charge < -0.3 is 9.80 Å². The van der Waals surface area contributed by atoms with E-state index in [0.29, 0.717) is 23.9 Å². The van der Waals surface area contributed by atoms with Gasteiger partial charge in [0.15, 0.2) is 21.3 Å². The molecule has 0 bridgehead atoms. The normalized spacial score (nSPS) is 26.3. The molecule has 2 atom stereocenters. The number of carbonyl (C=O) groups is 1. The second kappa shape index (κ2) is 6.66. The predicted molar refractivity (Wildman–Crippen MR) is 91.8 cm³/mol. The maximum Gasteiger partial charge on any atom is 0.274 e. The highest BCUT2D eigenvalue weighted by Gasteiger charge is 2.31. The van der Waals surface area contributed by atoms with Gasteiger partial charge in [-0.15, -0.1) is 10.2 Å². The fourth-order valence-corrected chi connectivity index (χ4v) is 5.21. The zero-order valence-electron chi connectivity index (χ0n) is 14.2. The van der Waals surface area contributed by atoms with Crippen LogP contribution in [-0.2, 0) is 9.84 Å². The molecule has 7 nitrogen and oxygen atoms in total. The SMILES string of the molecule is CC1CCCN(C(=O)c2ccc(N(C)C3CCS(=O)(=O)C3)nn2)C1. The number of likely N-dealkylation sites (tertiary alicyclic amines) is 1. The van der Waals surface area contributed by atoms with Crippen molar-refractivity contribution in [3.05, 3.63) is 17.8 Å². The van der Waals surface area contributed by atoms with Crippen LogP contribution in [0.4, 0.5) is 5.82 Å². The molecular weight excluding hydrogens is 328 g/mol. The van der Waals surface area contributed by atoms with Gasteiger partial charge in [0.1, 0.15) is 0 Å². The molecule has 0 radical (unpaired) electrons. The van der Waals surface area contributed by atoms with Crippen molar-refractivity contribution in [1.29, 1.82) is 0 Å². The quantitative estimate of drug-likeness (QED) is 0.806. The monoisotopic (exact) mass is 352 g/mol. The van der Waals surface area contributed by atoms with Crippen LogP contribution in [0.25, 0.3) is 0 Å². The molecule has 0 spiro atoms. The Morgan fingerprint density at radius 2 is 2.08 bits per heavy atom. The van der Waals surface area contributed by atoms with Gasteiger partial charge in [0, 0.05) is 26.2 Å². The molecule has 3 rings (SSSR count). The van der Waals surface area contributed by atoms with Crippen molar-refractivity contribution in [2.24, 2.45) is 5.92 Å². The first kappa shape index (κ1) is 17.1. The Morgan fingerprint density at radius 3 is 2.67 bits per heavy atom. The van der Waals surface area contributed by atoms with Crippen LogP contribution in [0.15, 0.2) is 12.1 Å². The van der Waals surface area contributed by atoms with E-state index >= 15 is 0 Å². The van der Waals surface area contributed by atoms with Crippen LogP contribution in [0.3, 0.4) is 0 Å². The maximum absolute atomic E-state index is 12.5. The molecule has 1 aromatic heterocycles. The molecule has 3 heterocycles. The van der Waals surface area contributed by atoms with E-state index < -0.39 is 9.84 Å². The summed E-state index contributed by atoms with van der Waals surface area (Å²) in [6.45, 7) is 3.69. The molecule has 0 aromatic carbocycles. The van der Waals surface area contributed by atoms with Crippen molar-refractivity contribution >= 4 is 21.6 Å². The lowest BCUT2D eigenvalue weighted by Gasteiger charge is -2.30. The van der Waals surface area contributed by atoms with E-state index in [-0.39, 0.29) is 23.5 Å². The van der Waals surface area contributed by atoms with Gasteiger partial charge in [-0.3, -0.25) is 4.79 Å². The zero-order chi connectivity index (χ0) is 17.3. The number of aromatic nitrogens is 2. The first-order chi connectivity index (χ1) is 11.4. The van der Waals surface area contributed by atoms with Crippen molar-refractivity contribution < 1.29 is 13.2 Å². The third-order valence-electron chi connectivity index (χ3n) is 4.93. The summed E-state index contributed by atoms with van der Waals surface area (Å²) in [7, 11) is -1.12. The Bertz CT molecular complexity index is 705. The number of amides is 1. The topological polar surface area (TPSA) is 83.5 Å². The van der Waals surface area contributed by atoms with Gasteiger partial charge in [-0.2, -0.15) is 0 Å². The van der Waals surface area contributed by atoms with Gasteiger partial charge in [0.25, 0.3) is 5.91 Å². The largest absolute Gasteiger partial charge is 0.354 e. The van der Waals surface area contributed by atoms with Crippen molar-refractivity contribution in [2.45, 2.75) is 32.2 Å². The summed E-state index contributed by atoms with van der Waals surface area (Å²) in [5.74, 6) is 1.41.